The Balaban J connectivity index is 1.56. The van der Waals surface area contributed by atoms with Crippen molar-refractivity contribution in [2.75, 3.05) is 39.3 Å². The third kappa shape index (κ3) is 5.50. The van der Waals surface area contributed by atoms with Gasteiger partial charge in [0.05, 0.1) is 13.2 Å². The minimum atomic E-state index is -0.221. The smallest absolute Gasteiger partial charge is 0.409 e. The summed E-state index contributed by atoms with van der Waals surface area (Å²) in [4.78, 5) is 15.7. The topological polar surface area (TPSA) is 32.8 Å². The van der Waals surface area contributed by atoms with Gasteiger partial charge in [-0.1, -0.05) is 47.7 Å². The van der Waals surface area contributed by atoms with E-state index >= 15 is 0 Å². The molecule has 0 spiro atoms. The second-order valence-electron chi connectivity index (χ2n) is 6.36. The molecule has 0 aliphatic carbocycles. The first-order chi connectivity index (χ1) is 13.2. The van der Waals surface area contributed by atoms with Gasteiger partial charge in [0.25, 0.3) is 0 Å². The van der Waals surface area contributed by atoms with Crippen LogP contribution in [0.3, 0.4) is 0 Å². The Hall–Kier alpha value is -2.48. The Morgan fingerprint density at radius 1 is 1.07 bits per heavy atom. The van der Waals surface area contributed by atoms with Crippen LogP contribution in [0.25, 0.3) is 11.1 Å². The Kier molecular flexibility index (Phi) is 6.75. The number of hydrogen-bond acceptors (Lipinski definition) is 3. The van der Waals surface area contributed by atoms with Gasteiger partial charge in [0, 0.05) is 36.8 Å². The van der Waals surface area contributed by atoms with Crippen LogP contribution in [0.2, 0.25) is 5.02 Å². The van der Waals surface area contributed by atoms with E-state index in [2.05, 4.69) is 28.9 Å². The van der Waals surface area contributed by atoms with E-state index in [-0.39, 0.29) is 6.09 Å². The van der Waals surface area contributed by atoms with Gasteiger partial charge >= 0.3 is 6.09 Å². The maximum Gasteiger partial charge on any atom is 0.409 e. The van der Waals surface area contributed by atoms with Crippen LogP contribution < -0.4 is 0 Å². The number of piperazine rings is 1. The molecule has 0 unspecified atom stereocenters. The van der Waals surface area contributed by atoms with Gasteiger partial charge in [0.2, 0.25) is 0 Å². The zero-order chi connectivity index (χ0) is 19.1. The predicted octanol–water partition coefficient (Wildman–Crippen LogP) is 4.13. The van der Waals surface area contributed by atoms with Gasteiger partial charge in [-0.2, -0.15) is 0 Å². The molecule has 3 rings (SSSR count). The molecule has 1 heterocycles. The van der Waals surface area contributed by atoms with Crippen LogP contribution in [0.15, 0.2) is 48.5 Å². The molecule has 0 aromatic heterocycles. The van der Waals surface area contributed by atoms with Crippen LogP contribution in [0.1, 0.15) is 12.5 Å². The van der Waals surface area contributed by atoms with E-state index in [4.69, 9.17) is 16.3 Å². The van der Waals surface area contributed by atoms with Crippen molar-refractivity contribution in [2.24, 2.45) is 0 Å². The van der Waals surface area contributed by atoms with Gasteiger partial charge in [0.15, 0.2) is 0 Å². The van der Waals surface area contributed by atoms with Crippen molar-refractivity contribution in [3.63, 3.8) is 0 Å². The van der Waals surface area contributed by atoms with E-state index in [1.165, 1.54) is 0 Å². The monoisotopic (exact) mass is 382 g/mol. The zero-order valence-corrected chi connectivity index (χ0v) is 16.2. The van der Waals surface area contributed by atoms with Crippen LogP contribution in [-0.2, 0) is 4.74 Å². The van der Waals surface area contributed by atoms with Gasteiger partial charge in [-0.15, -0.1) is 0 Å². The van der Waals surface area contributed by atoms with Crippen molar-refractivity contribution < 1.29 is 9.53 Å². The highest BCUT2D eigenvalue weighted by molar-refractivity contribution is 6.30. The standard InChI is InChI=1S/C22H23ClN2O2/c1-2-27-22(26)25-14-12-24(13-15-25)11-5-7-18-6-3-8-19(16-18)20-9-4-10-21(23)17-20/h3-4,6,8-10,16-17H,2,11-15H2,1H3. The highest BCUT2D eigenvalue weighted by Crippen LogP contribution is 2.23. The second kappa shape index (κ2) is 9.45. The summed E-state index contributed by atoms with van der Waals surface area (Å²) in [5, 5.41) is 0.728. The molecule has 0 saturated carbocycles. The van der Waals surface area contributed by atoms with Crippen LogP contribution in [0.5, 0.6) is 0 Å². The molecule has 5 heteroatoms. The quantitative estimate of drug-likeness (QED) is 0.748. The van der Waals surface area contributed by atoms with Crippen molar-refractivity contribution in [1.82, 2.24) is 9.80 Å². The van der Waals surface area contributed by atoms with E-state index < -0.39 is 0 Å². The number of amides is 1. The number of hydrogen-bond donors (Lipinski definition) is 0. The molecule has 0 N–H and O–H groups in total. The lowest BCUT2D eigenvalue weighted by molar-refractivity contribution is 0.0829. The Morgan fingerprint density at radius 3 is 2.48 bits per heavy atom. The lowest BCUT2D eigenvalue weighted by atomic mass is 10.0. The molecule has 4 nitrogen and oxygen atoms in total. The third-order valence-corrected chi connectivity index (χ3v) is 4.69. The molecule has 2 aromatic carbocycles. The average Bonchev–Trinajstić information content (AvgIpc) is 2.69. The van der Waals surface area contributed by atoms with Gasteiger partial charge in [-0.05, 0) is 42.3 Å². The SMILES string of the molecule is CCOC(=O)N1CCN(CC#Cc2cccc(-c3cccc(Cl)c3)c2)CC1. The highest BCUT2D eigenvalue weighted by atomic mass is 35.5. The van der Waals surface area contributed by atoms with Crippen LogP contribution in [-0.4, -0.2) is 55.2 Å². The minimum absolute atomic E-state index is 0.221. The predicted molar refractivity (Wildman–Crippen MR) is 109 cm³/mol. The molecule has 27 heavy (non-hydrogen) atoms. The van der Waals surface area contributed by atoms with Crippen molar-refractivity contribution >= 4 is 17.7 Å². The van der Waals surface area contributed by atoms with Crippen LogP contribution in [0, 0.1) is 11.8 Å². The first kappa shape index (κ1) is 19.3. The summed E-state index contributed by atoms with van der Waals surface area (Å²) < 4.78 is 5.04. The Bertz CT molecular complexity index is 849. The number of benzene rings is 2. The number of nitrogens with zero attached hydrogens (tertiary/aromatic N) is 2. The summed E-state index contributed by atoms with van der Waals surface area (Å²) in [5.74, 6) is 6.49. The van der Waals surface area contributed by atoms with Crippen molar-refractivity contribution in [2.45, 2.75) is 6.92 Å². The summed E-state index contributed by atoms with van der Waals surface area (Å²) in [6.07, 6.45) is -0.221. The number of rotatable bonds is 3. The summed E-state index contributed by atoms with van der Waals surface area (Å²) in [7, 11) is 0. The molecule has 1 fully saturated rings. The summed E-state index contributed by atoms with van der Waals surface area (Å²) in [6.45, 7) is 5.93. The highest BCUT2D eigenvalue weighted by Gasteiger charge is 2.20. The molecule has 1 aliphatic heterocycles. The first-order valence-electron chi connectivity index (χ1n) is 9.14. The van der Waals surface area contributed by atoms with Gasteiger partial charge in [-0.25, -0.2) is 4.79 Å². The minimum Gasteiger partial charge on any atom is -0.450 e. The molecule has 0 radical (unpaired) electrons. The van der Waals surface area contributed by atoms with Crippen LogP contribution >= 0.6 is 11.6 Å². The van der Waals surface area contributed by atoms with Crippen molar-refractivity contribution in [3.8, 4) is 23.0 Å². The summed E-state index contributed by atoms with van der Waals surface area (Å²) in [5.41, 5.74) is 3.17. The molecule has 0 bridgehead atoms. The van der Waals surface area contributed by atoms with Gasteiger partial charge in [-0.3, -0.25) is 4.90 Å². The van der Waals surface area contributed by atoms with E-state index in [1.807, 2.05) is 43.3 Å². The third-order valence-electron chi connectivity index (χ3n) is 4.45. The largest absolute Gasteiger partial charge is 0.450 e. The fourth-order valence-corrected chi connectivity index (χ4v) is 3.19. The zero-order valence-electron chi connectivity index (χ0n) is 15.5. The molecule has 2 aromatic rings. The Morgan fingerprint density at radius 2 is 1.78 bits per heavy atom. The molecular formula is C22H23ClN2O2. The molecule has 1 aliphatic rings. The van der Waals surface area contributed by atoms with Crippen LogP contribution in [0.4, 0.5) is 4.79 Å². The van der Waals surface area contributed by atoms with Crippen molar-refractivity contribution in [3.05, 3.63) is 59.1 Å². The van der Waals surface area contributed by atoms with Gasteiger partial charge < -0.3 is 9.64 Å². The normalized spacial score (nSPS) is 14.4. The van der Waals surface area contributed by atoms with E-state index in [0.29, 0.717) is 26.2 Å². The molecule has 0 atom stereocenters. The van der Waals surface area contributed by atoms with Gasteiger partial charge in [0.1, 0.15) is 0 Å². The lowest BCUT2D eigenvalue weighted by Gasteiger charge is -2.32. The van der Waals surface area contributed by atoms with E-state index in [9.17, 15) is 4.79 Å². The van der Waals surface area contributed by atoms with E-state index in [0.717, 1.165) is 34.8 Å². The number of ether oxygens (including phenoxy) is 1. The number of carbonyl (C=O) groups is 1. The molecular weight excluding hydrogens is 360 g/mol. The second-order valence-corrected chi connectivity index (χ2v) is 6.79. The molecule has 1 amide bonds. The average molecular weight is 383 g/mol. The Labute approximate surface area is 165 Å². The number of halogens is 1. The summed E-state index contributed by atoms with van der Waals surface area (Å²) >= 11 is 6.09. The van der Waals surface area contributed by atoms with Crippen molar-refractivity contribution in [1.29, 1.82) is 0 Å². The summed E-state index contributed by atoms with van der Waals surface area (Å²) in [6, 6.07) is 16.0. The fraction of sp³-hybridized carbons (Fsp3) is 0.318. The fourth-order valence-electron chi connectivity index (χ4n) is 3.00. The maximum absolute atomic E-state index is 11.7. The van der Waals surface area contributed by atoms with E-state index in [1.54, 1.807) is 4.90 Å². The lowest BCUT2D eigenvalue weighted by Crippen LogP contribution is -2.48. The first-order valence-corrected chi connectivity index (χ1v) is 9.52. The molecule has 140 valence electrons. The molecule has 1 saturated heterocycles. The number of carbonyl (C=O) groups excluding carboxylic acids is 1. The maximum atomic E-state index is 11.7.